The Kier molecular flexibility index (Phi) is 6.04. The molecule has 3 fully saturated rings. The molecule has 1 aromatic carbocycles. The van der Waals surface area contributed by atoms with Crippen molar-refractivity contribution < 1.29 is 9.13 Å². The van der Waals surface area contributed by atoms with E-state index in [1.807, 2.05) is 12.1 Å². The van der Waals surface area contributed by atoms with E-state index in [9.17, 15) is 4.39 Å². The fraction of sp³-hybridized carbons (Fsp3) is 0.545. The van der Waals surface area contributed by atoms with Gasteiger partial charge in [-0.1, -0.05) is 12.1 Å². The van der Waals surface area contributed by atoms with E-state index in [1.54, 1.807) is 6.07 Å². The lowest BCUT2D eigenvalue weighted by molar-refractivity contribution is 0.122. The van der Waals surface area contributed by atoms with E-state index in [4.69, 9.17) is 14.7 Å². The maximum absolute atomic E-state index is 14.2. The molecule has 166 valence electrons. The van der Waals surface area contributed by atoms with E-state index in [1.165, 1.54) is 6.07 Å². The van der Waals surface area contributed by atoms with E-state index < -0.39 is 0 Å². The third-order valence-corrected chi connectivity index (χ3v) is 6.22. The summed E-state index contributed by atoms with van der Waals surface area (Å²) in [6.07, 6.45) is 0. The molecule has 3 aliphatic heterocycles. The maximum atomic E-state index is 14.2. The number of anilines is 4. The minimum Gasteiger partial charge on any atom is -0.378 e. The van der Waals surface area contributed by atoms with Crippen molar-refractivity contribution in [3.05, 3.63) is 36.1 Å². The summed E-state index contributed by atoms with van der Waals surface area (Å²) in [5.74, 6) is 2.57. The summed E-state index contributed by atoms with van der Waals surface area (Å²) in [6, 6.07) is 9.12. The third-order valence-electron chi connectivity index (χ3n) is 6.22. The molecule has 4 heterocycles. The highest BCUT2D eigenvalue weighted by Gasteiger charge is 2.24. The lowest BCUT2D eigenvalue weighted by Gasteiger charge is -2.37. The van der Waals surface area contributed by atoms with Gasteiger partial charge in [-0.3, -0.25) is 0 Å². The van der Waals surface area contributed by atoms with Crippen molar-refractivity contribution in [1.29, 1.82) is 0 Å². The minimum atomic E-state index is -0.164. The van der Waals surface area contributed by atoms with Crippen LogP contribution in [-0.2, 0) is 4.74 Å². The van der Waals surface area contributed by atoms with Crippen molar-refractivity contribution in [1.82, 2.24) is 15.3 Å². The number of morpholine rings is 1. The van der Waals surface area contributed by atoms with Gasteiger partial charge in [0.15, 0.2) is 0 Å². The molecule has 8 nitrogen and oxygen atoms in total. The molecule has 1 N–H and O–H groups in total. The number of hydrogen-bond donors (Lipinski definition) is 1. The standard InChI is InChI=1S/C22H30FN7O/c23-18-3-1-2-4-19(18)27-9-11-30(12-10-27)22-25-20(28-7-5-24-6-8-28)17-21(26-22)29-13-15-31-16-14-29/h1-4,17,24H,5-16H2. The van der Waals surface area contributed by atoms with Gasteiger partial charge in [0.2, 0.25) is 5.95 Å². The monoisotopic (exact) mass is 427 g/mol. The maximum Gasteiger partial charge on any atom is 0.229 e. The summed E-state index contributed by atoms with van der Waals surface area (Å²) in [4.78, 5) is 18.9. The van der Waals surface area contributed by atoms with Crippen molar-refractivity contribution in [2.45, 2.75) is 0 Å². The Morgan fingerprint density at radius 3 is 2.03 bits per heavy atom. The van der Waals surface area contributed by atoms with Crippen LogP contribution in [0.4, 0.5) is 27.7 Å². The number of hydrogen-bond acceptors (Lipinski definition) is 8. The second-order valence-corrected chi connectivity index (χ2v) is 8.15. The zero-order valence-corrected chi connectivity index (χ0v) is 17.8. The van der Waals surface area contributed by atoms with Crippen molar-refractivity contribution in [2.24, 2.45) is 0 Å². The highest BCUT2D eigenvalue weighted by molar-refractivity contribution is 5.57. The molecule has 3 saturated heterocycles. The van der Waals surface area contributed by atoms with Gasteiger partial charge in [-0.15, -0.1) is 0 Å². The average molecular weight is 428 g/mol. The molecular weight excluding hydrogens is 397 g/mol. The molecular formula is C22H30FN7O. The molecule has 0 saturated carbocycles. The van der Waals surface area contributed by atoms with Crippen molar-refractivity contribution in [3.63, 3.8) is 0 Å². The fourth-order valence-electron chi connectivity index (χ4n) is 4.42. The summed E-state index contributed by atoms with van der Waals surface area (Å²) < 4.78 is 19.7. The lowest BCUT2D eigenvalue weighted by Crippen LogP contribution is -2.48. The Hall–Kier alpha value is -2.65. The summed E-state index contributed by atoms with van der Waals surface area (Å²) in [5.41, 5.74) is 0.673. The molecule has 0 amide bonds. The van der Waals surface area contributed by atoms with Gasteiger partial charge in [-0.05, 0) is 12.1 Å². The molecule has 0 unspecified atom stereocenters. The van der Waals surface area contributed by atoms with Crippen LogP contribution >= 0.6 is 0 Å². The second kappa shape index (κ2) is 9.23. The highest BCUT2D eigenvalue weighted by Crippen LogP contribution is 2.26. The largest absolute Gasteiger partial charge is 0.378 e. The highest BCUT2D eigenvalue weighted by atomic mass is 19.1. The lowest BCUT2D eigenvalue weighted by atomic mass is 10.2. The molecule has 9 heteroatoms. The Morgan fingerprint density at radius 2 is 1.35 bits per heavy atom. The topological polar surface area (TPSA) is 60.0 Å². The van der Waals surface area contributed by atoms with E-state index >= 15 is 0 Å². The molecule has 1 aromatic heterocycles. The Morgan fingerprint density at radius 1 is 0.742 bits per heavy atom. The van der Waals surface area contributed by atoms with Crippen molar-refractivity contribution in [2.75, 3.05) is 98.3 Å². The van der Waals surface area contributed by atoms with E-state index in [-0.39, 0.29) is 5.82 Å². The number of piperazine rings is 2. The number of benzene rings is 1. The predicted molar refractivity (Wildman–Crippen MR) is 121 cm³/mol. The van der Waals surface area contributed by atoms with Gasteiger partial charge in [0, 0.05) is 71.5 Å². The number of nitrogens with one attached hydrogen (secondary N) is 1. The Bertz CT molecular complexity index is 842. The van der Waals surface area contributed by atoms with Gasteiger partial charge in [-0.25, -0.2) is 4.39 Å². The van der Waals surface area contributed by atoms with Crippen LogP contribution in [0.1, 0.15) is 0 Å². The number of ether oxygens (including phenoxy) is 1. The molecule has 0 atom stereocenters. The zero-order valence-electron chi connectivity index (χ0n) is 17.8. The summed E-state index contributed by atoms with van der Waals surface area (Å²) in [7, 11) is 0. The van der Waals surface area contributed by atoms with Crippen LogP contribution in [0.2, 0.25) is 0 Å². The van der Waals surface area contributed by atoms with Crippen LogP contribution in [0.25, 0.3) is 0 Å². The first kappa shape index (κ1) is 20.3. The van der Waals surface area contributed by atoms with Crippen LogP contribution in [-0.4, -0.2) is 88.6 Å². The van der Waals surface area contributed by atoms with Crippen LogP contribution in [0, 0.1) is 5.82 Å². The number of nitrogens with zero attached hydrogens (tertiary/aromatic N) is 6. The van der Waals surface area contributed by atoms with Crippen molar-refractivity contribution >= 4 is 23.3 Å². The molecule has 0 radical (unpaired) electrons. The average Bonchev–Trinajstić information content (AvgIpc) is 2.85. The fourth-order valence-corrected chi connectivity index (χ4v) is 4.42. The van der Waals surface area contributed by atoms with E-state index in [0.29, 0.717) is 5.69 Å². The number of rotatable bonds is 4. The third kappa shape index (κ3) is 4.52. The van der Waals surface area contributed by atoms with Crippen LogP contribution < -0.4 is 24.9 Å². The van der Waals surface area contributed by atoms with E-state index in [0.717, 1.165) is 96.2 Å². The number of aromatic nitrogens is 2. The quantitative estimate of drug-likeness (QED) is 0.781. The first-order valence-corrected chi connectivity index (χ1v) is 11.2. The first-order valence-electron chi connectivity index (χ1n) is 11.2. The van der Waals surface area contributed by atoms with Crippen LogP contribution in [0.5, 0.6) is 0 Å². The normalized spacial score (nSPS) is 20.3. The SMILES string of the molecule is Fc1ccccc1N1CCN(c2nc(N3CCNCC3)cc(N3CCOCC3)n2)CC1. The van der Waals surface area contributed by atoms with Gasteiger partial charge in [0.05, 0.1) is 18.9 Å². The molecule has 5 rings (SSSR count). The van der Waals surface area contributed by atoms with Crippen molar-refractivity contribution in [3.8, 4) is 0 Å². The van der Waals surface area contributed by atoms with Gasteiger partial charge in [0.25, 0.3) is 0 Å². The molecule has 31 heavy (non-hydrogen) atoms. The van der Waals surface area contributed by atoms with Gasteiger partial charge in [0.1, 0.15) is 17.5 Å². The smallest absolute Gasteiger partial charge is 0.229 e. The summed E-state index contributed by atoms with van der Waals surface area (Å²) in [5, 5.41) is 3.41. The van der Waals surface area contributed by atoms with Gasteiger partial charge in [-0.2, -0.15) is 9.97 Å². The van der Waals surface area contributed by atoms with E-state index in [2.05, 4.69) is 31.0 Å². The minimum absolute atomic E-state index is 0.164. The zero-order chi connectivity index (χ0) is 21.0. The number of halogens is 1. The molecule has 0 aliphatic carbocycles. The first-order chi connectivity index (χ1) is 15.3. The van der Waals surface area contributed by atoms with Gasteiger partial charge >= 0.3 is 0 Å². The van der Waals surface area contributed by atoms with Gasteiger partial charge < -0.3 is 29.7 Å². The molecule has 0 spiro atoms. The Balaban J connectivity index is 1.37. The molecule has 3 aliphatic rings. The Labute approximate surface area is 182 Å². The molecule has 0 bridgehead atoms. The van der Waals surface area contributed by atoms with Crippen LogP contribution in [0.3, 0.4) is 0 Å². The summed E-state index contributed by atoms with van der Waals surface area (Å²) >= 11 is 0. The number of para-hydroxylation sites is 1. The van der Waals surface area contributed by atoms with Crippen LogP contribution in [0.15, 0.2) is 30.3 Å². The molecule has 2 aromatic rings. The predicted octanol–water partition coefficient (Wildman–Crippen LogP) is 1.19. The summed E-state index contributed by atoms with van der Waals surface area (Å²) in [6.45, 7) is 9.99. The second-order valence-electron chi connectivity index (χ2n) is 8.15.